The van der Waals surface area contributed by atoms with Gasteiger partial charge in [0.25, 0.3) is 0 Å². The molecule has 0 bridgehead atoms. The van der Waals surface area contributed by atoms with Crippen molar-refractivity contribution in [3.05, 3.63) is 66.2 Å². The van der Waals surface area contributed by atoms with E-state index in [1.165, 1.54) is 0 Å². The number of amides is 2. The van der Waals surface area contributed by atoms with Crippen LogP contribution in [-0.2, 0) is 0 Å². The number of hydrogen-bond acceptors (Lipinski definition) is 3. The molecule has 0 aliphatic carbocycles. The van der Waals surface area contributed by atoms with Gasteiger partial charge in [0.1, 0.15) is 0 Å². The van der Waals surface area contributed by atoms with Crippen molar-refractivity contribution in [3.8, 4) is 0 Å². The summed E-state index contributed by atoms with van der Waals surface area (Å²) >= 11 is 0. The van der Waals surface area contributed by atoms with Crippen molar-refractivity contribution < 1.29 is 9.90 Å². The van der Waals surface area contributed by atoms with E-state index in [0.717, 1.165) is 11.3 Å². The van der Waals surface area contributed by atoms with Crippen LogP contribution in [0.25, 0.3) is 0 Å². The van der Waals surface area contributed by atoms with E-state index in [-0.39, 0.29) is 11.9 Å². The van der Waals surface area contributed by atoms with E-state index in [1.54, 1.807) is 0 Å². The minimum atomic E-state index is -0.634. The Balaban J connectivity index is 1.94. The van der Waals surface area contributed by atoms with Crippen LogP contribution in [0.2, 0.25) is 0 Å². The normalized spacial score (nSPS) is 13.3. The molecule has 24 heavy (non-hydrogen) atoms. The van der Waals surface area contributed by atoms with E-state index >= 15 is 0 Å². The molecule has 0 saturated carbocycles. The maximum absolute atomic E-state index is 12.0. The van der Waals surface area contributed by atoms with Gasteiger partial charge in [0, 0.05) is 24.7 Å². The predicted molar refractivity (Wildman–Crippen MR) is 96.9 cm³/mol. The van der Waals surface area contributed by atoms with Gasteiger partial charge in [-0.15, -0.1) is 0 Å². The fraction of sp³-hybridized carbons (Fsp3) is 0.316. The summed E-state index contributed by atoms with van der Waals surface area (Å²) in [5.41, 5.74) is 1.59. The smallest absolute Gasteiger partial charge is 0.319 e. The molecule has 2 amide bonds. The summed E-state index contributed by atoms with van der Waals surface area (Å²) in [6, 6.07) is 18.5. The molecular weight excluding hydrogens is 302 g/mol. The zero-order chi connectivity index (χ0) is 17.4. The zero-order valence-corrected chi connectivity index (χ0v) is 14.1. The number of benzene rings is 2. The van der Waals surface area contributed by atoms with E-state index in [9.17, 15) is 9.90 Å². The van der Waals surface area contributed by atoms with Crippen molar-refractivity contribution in [2.24, 2.45) is 5.92 Å². The lowest BCUT2D eigenvalue weighted by atomic mass is 9.95. The van der Waals surface area contributed by atoms with Crippen molar-refractivity contribution in [2.75, 3.05) is 32.5 Å². The summed E-state index contributed by atoms with van der Waals surface area (Å²) < 4.78 is 0. The molecule has 0 radical (unpaired) electrons. The average Bonchev–Trinajstić information content (AvgIpc) is 2.59. The number of nitrogens with one attached hydrogen (secondary N) is 2. The quantitative estimate of drug-likeness (QED) is 0.733. The number of nitrogens with zero attached hydrogens (tertiary/aromatic N) is 1. The third kappa shape index (κ3) is 5.68. The Morgan fingerprint density at radius 2 is 1.62 bits per heavy atom. The third-order valence-corrected chi connectivity index (χ3v) is 3.74. The first-order valence-corrected chi connectivity index (χ1v) is 8.04. The first-order valence-electron chi connectivity index (χ1n) is 8.04. The Hall–Kier alpha value is -2.37. The lowest BCUT2D eigenvalue weighted by Gasteiger charge is -2.26. The lowest BCUT2D eigenvalue weighted by molar-refractivity contribution is 0.0911. The van der Waals surface area contributed by atoms with Gasteiger partial charge in [-0.05, 0) is 31.8 Å². The largest absolute Gasteiger partial charge is 0.388 e. The molecule has 2 aromatic rings. The molecule has 5 nitrogen and oxygen atoms in total. The van der Waals surface area contributed by atoms with E-state index in [2.05, 4.69) is 10.6 Å². The van der Waals surface area contributed by atoms with Gasteiger partial charge >= 0.3 is 6.03 Å². The number of aliphatic hydroxyl groups is 1. The highest BCUT2D eigenvalue weighted by molar-refractivity contribution is 5.89. The van der Waals surface area contributed by atoms with Crippen LogP contribution in [0.3, 0.4) is 0 Å². The lowest BCUT2D eigenvalue weighted by Crippen LogP contribution is -2.39. The van der Waals surface area contributed by atoms with E-state index in [0.29, 0.717) is 13.1 Å². The fourth-order valence-electron chi connectivity index (χ4n) is 2.59. The molecule has 3 N–H and O–H groups in total. The van der Waals surface area contributed by atoms with Crippen LogP contribution >= 0.6 is 0 Å². The number of hydrogen-bond donors (Lipinski definition) is 3. The molecule has 0 aliphatic rings. The predicted octanol–water partition coefficient (Wildman–Crippen LogP) is 2.72. The molecule has 0 saturated heterocycles. The van der Waals surface area contributed by atoms with Gasteiger partial charge < -0.3 is 20.6 Å². The number of carbonyl (C=O) groups excluding carboxylic acids is 1. The molecule has 2 atom stereocenters. The van der Waals surface area contributed by atoms with E-state index < -0.39 is 6.10 Å². The second-order valence-electron chi connectivity index (χ2n) is 6.08. The Morgan fingerprint density at radius 1 is 1.04 bits per heavy atom. The number of para-hydroxylation sites is 1. The Morgan fingerprint density at radius 3 is 2.21 bits per heavy atom. The van der Waals surface area contributed by atoms with Crippen LogP contribution in [0.1, 0.15) is 11.7 Å². The highest BCUT2D eigenvalue weighted by Gasteiger charge is 2.22. The van der Waals surface area contributed by atoms with Gasteiger partial charge in [0.2, 0.25) is 0 Å². The maximum Gasteiger partial charge on any atom is 0.319 e. The monoisotopic (exact) mass is 327 g/mol. The first kappa shape index (κ1) is 18.0. The number of urea groups is 1. The van der Waals surface area contributed by atoms with E-state index in [4.69, 9.17) is 0 Å². The van der Waals surface area contributed by atoms with Crippen LogP contribution in [-0.4, -0.2) is 43.2 Å². The van der Waals surface area contributed by atoms with Gasteiger partial charge in [0.15, 0.2) is 0 Å². The number of aliphatic hydroxyl groups excluding tert-OH is 1. The molecule has 0 aromatic heterocycles. The van der Waals surface area contributed by atoms with Crippen molar-refractivity contribution in [2.45, 2.75) is 6.10 Å². The Bertz CT molecular complexity index is 617. The fourth-order valence-corrected chi connectivity index (χ4v) is 2.59. The number of anilines is 1. The van der Waals surface area contributed by atoms with Gasteiger partial charge in [-0.2, -0.15) is 0 Å². The van der Waals surface area contributed by atoms with Gasteiger partial charge in [-0.25, -0.2) is 4.79 Å². The highest BCUT2D eigenvalue weighted by Crippen LogP contribution is 2.22. The van der Waals surface area contributed by atoms with Gasteiger partial charge in [0.05, 0.1) is 6.10 Å². The van der Waals surface area contributed by atoms with Crippen LogP contribution in [0.5, 0.6) is 0 Å². The summed E-state index contributed by atoms with van der Waals surface area (Å²) in [6.07, 6.45) is -0.634. The Kier molecular flexibility index (Phi) is 6.78. The molecule has 128 valence electrons. The molecule has 5 heteroatoms. The topological polar surface area (TPSA) is 64.6 Å². The SMILES string of the molecule is CN(C)C[C@H](CNC(=O)Nc1ccccc1)[C@@H](O)c1ccccc1. The number of carbonyl (C=O) groups is 1. The van der Waals surface area contributed by atoms with Gasteiger partial charge in [-0.3, -0.25) is 0 Å². The van der Waals surface area contributed by atoms with Crippen molar-refractivity contribution >= 4 is 11.7 Å². The highest BCUT2D eigenvalue weighted by atomic mass is 16.3. The van der Waals surface area contributed by atoms with Crippen molar-refractivity contribution in [1.29, 1.82) is 0 Å². The van der Waals surface area contributed by atoms with Crippen LogP contribution in [0.4, 0.5) is 10.5 Å². The maximum atomic E-state index is 12.0. The van der Waals surface area contributed by atoms with Gasteiger partial charge in [-0.1, -0.05) is 48.5 Å². The first-order chi connectivity index (χ1) is 11.6. The molecule has 2 aromatic carbocycles. The van der Waals surface area contributed by atoms with Crippen molar-refractivity contribution in [1.82, 2.24) is 10.2 Å². The molecule has 0 fully saturated rings. The Labute approximate surface area is 143 Å². The minimum absolute atomic E-state index is 0.107. The zero-order valence-electron chi connectivity index (χ0n) is 14.1. The summed E-state index contributed by atoms with van der Waals surface area (Å²) in [7, 11) is 3.91. The molecule has 0 aliphatic heterocycles. The standard InChI is InChI=1S/C19H25N3O2/c1-22(2)14-16(18(23)15-9-5-3-6-10-15)13-20-19(24)21-17-11-7-4-8-12-17/h3-12,16,18,23H,13-14H2,1-2H3,(H2,20,21,24)/t16-,18-/m0/s1. The molecule has 0 unspecified atom stereocenters. The summed E-state index contributed by atoms with van der Waals surface area (Å²) in [5.74, 6) is -0.107. The third-order valence-electron chi connectivity index (χ3n) is 3.74. The van der Waals surface area contributed by atoms with E-state index in [1.807, 2.05) is 79.7 Å². The second kappa shape index (κ2) is 9.05. The molecule has 0 heterocycles. The van der Waals surface area contributed by atoms with Crippen LogP contribution < -0.4 is 10.6 Å². The summed E-state index contributed by atoms with van der Waals surface area (Å²) in [5, 5.41) is 16.3. The molecule has 0 spiro atoms. The molecule has 2 rings (SSSR count). The van der Waals surface area contributed by atoms with Crippen molar-refractivity contribution in [3.63, 3.8) is 0 Å². The minimum Gasteiger partial charge on any atom is -0.388 e. The summed E-state index contributed by atoms with van der Waals surface area (Å²) in [4.78, 5) is 14.1. The van der Waals surface area contributed by atoms with Crippen LogP contribution in [0.15, 0.2) is 60.7 Å². The molecular formula is C19H25N3O2. The van der Waals surface area contributed by atoms with Crippen LogP contribution in [0, 0.1) is 5.92 Å². The summed E-state index contributed by atoms with van der Waals surface area (Å²) in [6.45, 7) is 1.05. The second-order valence-corrected chi connectivity index (χ2v) is 6.08. The average molecular weight is 327 g/mol. The number of rotatable bonds is 7.